The molecule has 0 atom stereocenters. The number of fused-ring (bicyclic) bond motifs is 1. The predicted molar refractivity (Wildman–Crippen MR) is 200 cm³/mol. The van der Waals surface area contributed by atoms with Crippen molar-refractivity contribution in [3.63, 3.8) is 0 Å². The highest BCUT2D eigenvalue weighted by Gasteiger charge is 2.15. The van der Waals surface area contributed by atoms with Gasteiger partial charge >= 0.3 is 0 Å². The quantitative estimate of drug-likeness (QED) is 0.156. The summed E-state index contributed by atoms with van der Waals surface area (Å²) < 4.78 is 0. The second-order valence-corrected chi connectivity index (χ2v) is 11.6. The third kappa shape index (κ3) is 6.67. The molecule has 0 fully saturated rings. The zero-order valence-electron chi connectivity index (χ0n) is 27.4. The normalized spacial score (nSPS) is 11.6. The molecule has 0 N–H and O–H groups in total. The third-order valence-electron chi connectivity index (χ3n) is 8.41. The van der Waals surface area contributed by atoms with E-state index in [9.17, 15) is 5.26 Å². The van der Waals surface area contributed by atoms with E-state index in [4.69, 9.17) is 19.9 Å². The first-order chi connectivity index (χ1) is 24.1. The van der Waals surface area contributed by atoms with Crippen molar-refractivity contribution in [2.45, 2.75) is 20.3 Å². The molecule has 5 aromatic carbocycles. The van der Waals surface area contributed by atoms with Crippen LogP contribution in [0, 0.1) is 11.3 Å². The number of aromatic nitrogens is 4. The van der Waals surface area contributed by atoms with Crippen molar-refractivity contribution in [2.24, 2.45) is 0 Å². The zero-order chi connectivity index (χ0) is 33.6. The number of nitrogens with zero attached hydrogens (tertiary/aromatic N) is 5. The molecular weight excluding hydrogens is 599 g/mol. The molecule has 0 amide bonds. The van der Waals surface area contributed by atoms with Gasteiger partial charge in [-0.15, -0.1) is 0 Å². The highest BCUT2D eigenvalue weighted by atomic mass is 14.9. The molecule has 0 spiro atoms. The summed E-state index contributed by atoms with van der Waals surface area (Å²) in [6.45, 7) is 4.17. The van der Waals surface area contributed by atoms with E-state index in [-0.39, 0.29) is 0 Å². The standard InChI is InChI=1S/C44H33N5/c1-3-5-12-31(4-2)40-28-41(33-13-7-6-8-14-33)49-44(48-40)35-25-23-32(24-26-35)36-15-11-16-37(27-36)43-42(34-21-19-30(29-45)20-22-34)46-38-17-9-10-18-39(38)47-43/h4-28H,3H2,1-2H3/b12-5-,31-4+. The number of allylic oxidation sites excluding steroid dienone is 4. The molecule has 5 nitrogen and oxygen atoms in total. The van der Waals surface area contributed by atoms with Crippen LogP contribution in [-0.2, 0) is 0 Å². The van der Waals surface area contributed by atoms with Crippen LogP contribution in [0.5, 0.6) is 0 Å². The summed E-state index contributed by atoms with van der Waals surface area (Å²) in [5, 5.41) is 9.34. The molecule has 0 aliphatic carbocycles. The predicted octanol–water partition coefficient (Wildman–Crippen LogP) is 11.0. The minimum atomic E-state index is 0.605. The molecule has 2 heterocycles. The Labute approximate surface area is 286 Å². The lowest BCUT2D eigenvalue weighted by atomic mass is 9.97. The van der Waals surface area contributed by atoms with Gasteiger partial charge in [0.25, 0.3) is 0 Å². The Morgan fingerprint density at radius 1 is 0.592 bits per heavy atom. The minimum Gasteiger partial charge on any atom is -0.244 e. The molecule has 0 bridgehead atoms. The monoisotopic (exact) mass is 631 g/mol. The number of para-hydroxylation sites is 2. The summed E-state index contributed by atoms with van der Waals surface area (Å²) in [7, 11) is 0. The average Bonchev–Trinajstić information content (AvgIpc) is 3.18. The van der Waals surface area contributed by atoms with Crippen LogP contribution in [0.25, 0.3) is 72.9 Å². The lowest BCUT2D eigenvalue weighted by molar-refractivity contribution is 1.15. The van der Waals surface area contributed by atoms with E-state index in [1.165, 1.54) is 0 Å². The van der Waals surface area contributed by atoms with Gasteiger partial charge in [-0.1, -0.05) is 122 Å². The van der Waals surface area contributed by atoms with Gasteiger partial charge in [-0.3, -0.25) is 0 Å². The molecule has 49 heavy (non-hydrogen) atoms. The SMILES string of the molecule is C/C=C(\C=C/CC)c1cc(-c2ccccc2)nc(-c2ccc(-c3cccc(-c4nc5ccccc5nc4-c4ccc(C#N)cc4)c3)cc2)n1. The molecule has 0 radical (unpaired) electrons. The Hall–Kier alpha value is -6.51. The lowest BCUT2D eigenvalue weighted by Crippen LogP contribution is -1.98. The van der Waals surface area contributed by atoms with Gasteiger partial charge in [0.05, 0.1) is 45.4 Å². The Morgan fingerprint density at radius 2 is 1.20 bits per heavy atom. The van der Waals surface area contributed by atoms with Gasteiger partial charge in [-0.2, -0.15) is 5.26 Å². The fourth-order valence-corrected chi connectivity index (χ4v) is 5.82. The number of hydrogen-bond acceptors (Lipinski definition) is 5. The average molecular weight is 632 g/mol. The minimum absolute atomic E-state index is 0.605. The van der Waals surface area contributed by atoms with Gasteiger partial charge in [-0.05, 0) is 66.4 Å². The van der Waals surface area contributed by atoms with E-state index < -0.39 is 0 Å². The van der Waals surface area contributed by atoms with Crippen LogP contribution in [0.2, 0.25) is 0 Å². The van der Waals surface area contributed by atoms with E-state index in [0.717, 1.165) is 79.2 Å². The van der Waals surface area contributed by atoms with E-state index in [2.05, 4.69) is 98.0 Å². The fourth-order valence-electron chi connectivity index (χ4n) is 5.82. The molecule has 0 unspecified atom stereocenters. The van der Waals surface area contributed by atoms with Crippen LogP contribution >= 0.6 is 0 Å². The van der Waals surface area contributed by atoms with Crippen molar-refractivity contribution in [1.29, 1.82) is 5.26 Å². The lowest BCUT2D eigenvalue weighted by Gasteiger charge is -2.12. The molecule has 5 heteroatoms. The van der Waals surface area contributed by atoms with Crippen molar-refractivity contribution in [3.05, 3.63) is 163 Å². The van der Waals surface area contributed by atoms with Crippen molar-refractivity contribution >= 4 is 16.6 Å². The van der Waals surface area contributed by atoms with Crippen LogP contribution in [-0.4, -0.2) is 19.9 Å². The molecule has 0 aliphatic rings. The van der Waals surface area contributed by atoms with Crippen molar-refractivity contribution < 1.29 is 0 Å². The Bertz CT molecular complexity index is 2370. The number of rotatable bonds is 8. The van der Waals surface area contributed by atoms with E-state index in [1.807, 2.05) is 73.7 Å². The molecular formula is C44H33N5. The number of hydrogen-bond donors (Lipinski definition) is 0. The van der Waals surface area contributed by atoms with Crippen molar-refractivity contribution in [3.8, 4) is 62.4 Å². The number of nitriles is 1. The Kier molecular flexibility index (Phi) is 8.94. The van der Waals surface area contributed by atoms with E-state index in [1.54, 1.807) is 0 Å². The van der Waals surface area contributed by atoms with Crippen LogP contribution in [0.3, 0.4) is 0 Å². The summed E-state index contributed by atoms with van der Waals surface area (Å²) in [4.78, 5) is 20.1. The van der Waals surface area contributed by atoms with Crippen LogP contribution < -0.4 is 0 Å². The first-order valence-electron chi connectivity index (χ1n) is 16.4. The van der Waals surface area contributed by atoms with Crippen molar-refractivity contribution in [2.75, 3.05) is 0 Å². The second-order valence-electron chi connectivity index (χ2n) is 11.6. The topological polar surface area (TPSA) is 75.3 Å². The fraction of sp³-hybridized carbons (Fsp3) is 0.0682. The van der Waals surface area contributed by atoms with Crippen LogP contribution in [0.15, 0.2) is 152 Å². The smallest absolute Gasteiger partial charge is 0.160 e. The third-order valence-corrected chi connectivity index (χ3v) is 8.41. The van der Waals surface area contributed by atoms with Gasteiger partial charge in [0.2, 0.25) is 0 Å². The molecule has 0 saturated carbocycles. The summed E-state index contributed by atoms with van der Waals surface area (Å²) in [6, 6.07) is 46.7. The highest BCUT2D eigenvalue weighted by molar-refractivity contribution is 5.87. The van der Waals surface area contributed by atoms with Gasteiger partial charge in [0, 0.05) is 22.3 Å². The number of benzene rings is 5. The van der Waals surface area contributed by atoms with Crippen LogP contribution in [0.1, 0.15) is 31.5 Å². The Balaban J connectivity index is 1.27. The van der Waals surface area contributed by atoms with E-state index in [0.29, 0.717) is 11.4 Å². The summed E-state index contributed by atoms with van der Waals surface area (Å²) in [5.41, 5.74) is 12.6. The first kappa shape index (κ1) is 31.1. The first-order valence-corrected chi connectivity index (χ1v) is 16.4. The molecule has 7 rings (SSSR count). The summed E-state index contributed by atoms with van der Waals surface area (Å²) >= 11 is 0. The summed E-state index contributed by atoms with van der Waals surface area (Å²) in [6.07, 6.45) is 7.33. The maximum absolute atomic E-state index is 9.34. The molecule has 0 aliphatic heterocycles. The maximum atomic E-state index is 9.34. The summed E-state index contributed by atoms with van der Waals surface area (Å²) in [5.74, 6) is 0.680. The largest absolute Gasteiger partial charge is 0.244 e. The molecule has 2 aromatic heterocycles. The van der Waals surface area contributed by atoms with Gasteiger partial charge < -0.3 is 0 Å². The second kappa shape index (κ2) is 14.1. The van der Waals surface area contributed by atoms with Gasteiger partial charge in [0.1, 0.15) is 0 Å². The highest BCUT2D eigenvalue weighted by Crippen LogP contribution is 2.34. The molecule has 7 aromatic rings. The van der Waals surface area contributed by atoms with Gasteiger partial charge in [-0.25, -0.2) is 19.9 Å². The van der Waals surface area contributed by atoms with Crippen LogP contribution in [0.4, 0.5) is 0 Å². The maximum Gasteiger partial charge on any atom is 0.160 e. The Morgan fingerprint density at radius 3 is 1.88 bits per heavy atom. The van der Waals surface area contributed by atoms with Crippen molar-refractivity contribution in [1.82, 2.24) is 19.9 Å². The van der Waals surface area contributed by atoms with Gasteiger partial charge in [0.15, 0.2) is 5.82 Å². The zero-order valence-corrected chi connectivity index (χ0v) is 27.4. The van der Waals surface area contributed by atoms with E-state index >= 15 is 0 Å². The molecule has 234 valence electrons. The molecule has 0 saturated heterocycles.